The molecule has 0 spiro atoms. The van der Waals surface area contributed by atoms with Crippen LogP contribution in [-0.2, 0) is 17.8 Å². The molecule has 0 unspecified atom stereocenters. The third kappa shape index (κ3) is 5.30. The maximum Gasteiger partial charge on any atom is 0.0594 e. The van der Waals surface area contributed by atoms with E-state index in [4.69, 9.17) is 4.74 Å². The van der Waals surface area contributed by atoms with Crippen molar-refractivity contribution in [1.82, 2.24) is 20.0 Å². The number of hydrogen-bond acceptors (Lipinski definition) is 4. The van der Waals surface area contributed by atoms with Crippen LogP contribution in [0, 0.1) is 0 Å². The first-order chi connectivity index (χ1) is 9.38. The van der Waals surface area contributed by atoms with Crippen molar-refractivity contribution < 1.29 is 4.74 Å². The van der Waals surface area contributed by atoms with E-state index in [1.807, 2.05) is 10.9 Å². The fraction of sp³-hybridized carbons (Fsp3) is 0.786. The molecule has 1 saturated heterocycles. The van der Waals surface area contributed by atoms with Crippen molar-refractivity contribution >= 4 is 0 Å². The van der Waals surface area contributed by atoms with E-state index in [0.717, 1.165) is 52.4 Å². The molecule has 2 rings (SSSR count). The van der Waals surface area contributed by atoms with Gasteiger partial charge in [-0.15, -0.1) is 0 Å². The molecule has 19 heavy (non-hydrogen) atoms. The summed E-state index contributed by atoms with van der Waals surface area (Å²) in [7, 11) is 0. The molecule has 0 amide bonds. The Morgan fingerprint density at radius 2 is 2.16 bits per heavy atom. The van der Waals surface area contributed by atoms with Gasteiger partial charge in [0.25, 0.3) is 0 Å². The molecule has 1 N–H and O–H groups in total. The first-order valence-electron chi connectivity index (χ1n) is 7.40. The monoisotopic (exact) mass is 266 g/mol. The van der Waals surface area contributed by atoms with Crippen molar-refractivity contribution in [3.8, 4) is 0 Å². The van der Waals surface area contributed by atoms with Crippen LogP contribution in [0.1, 0.15) is 25.3 Å². The largest absolute Gasteiger partial charge is 0.379 e. The Morgan fingerprint density at radius 1 is 1.32 bits per heavy atom. The molecular weight excluding hydrogens is 240 g/mol. The molecule has 5 nitrogen and oxygen atoms in total. The van der Waals surface area contributed by atoms with E-state index in [1.165, 1.54) is 18.5 Å². The summed E-state index contributed by atoms with van der Waals surface area (Å²) in [4.78, 5) is 2.48. The summed E-state index contributed by atoms with van der Waals surface area (Å²) in [5.74, 6) is 0. The average molecular weight is 266 g/mol. The van der Waals surface area contributed by atoms with Crippen LogP contribution in [0.15, 0.2) is 12.4 Å². The van der Waals surface area contributed by atoms with Gasteiger partial charge in [-0.05, 0) is 25.9 Å². The Hall–Kier alpha value is -0.910. The Morgan fingerprint density at radius 3 is 2.95 bits per heavy atom. The summed E-state index contributed by atoms with van der Waals surface area (Å²) in [6.45, 7) is 10.3. The number of ether oxygens (including phenoxy) is 1. The Kier molecular flexibility index (Phi) is 6.33. The number of aromatic nitrogens is 2. The second-order valence-corrected chi connectivity index (χ2v) is 5.10. The SMILES string of the molecule is CCCn1cc(CNCCCN2CCOCC2)cn1. The highest BCUT2D eigenvalue weighted by molar-refractivity contribution is 5.03. The maximum absolute atomic E-state index is 5.34. The van der Waals surface area contributed by atoms with E-state index in [0.29, 0.717) is 0 Å². The van der Waals surface area contributed by atoms with Crippen LogP contribution < -0.4 is 5.32 Å². The van der Waals surface area contributed by atoms with Gasteiger partial charge < -0.3 is 10.1 Å². The molecule has 1 aliphatic rings. The second-order valence-electron chi connectivity index (χ2n) is 5.10. The van der Waals surface area contributed by atoms with Crippen LogP contribution in [0.3, 0.4) is 0 Å². The molecule has 0 saturated carbocycles. The van der Waals surface area contributed by atoms with Gasteiger partial charge in [-0.2, -0.15) is 5.10 Å². The van der Waals surface area contributed by atoms with Gasteiger partial charge in [-0.25, -0.2) is 0 Å². The van der Waals surface area contributed by atoms with E-state index in [9.17, 15) is 0 Å². The molecule has 1 aromatic heterocycles. The van der Waals surface area contributed by atoms with Gasteiger partial charge in [0.05, 0.1) is 19.4 Å². The quantitative estimate of drug-likeness (QED) is 0.716. The van der Waals surface area contributed by atoms with Crippen molar-refractivity contribution in [3.05, 3.63) is 18.0 Å². The Labute approximate surface area is 115 Å². The molecular formula is C14H26N4O. The predicted octanol–water partition coefficient (Wildman–Crippen LogP) is 1.10. The fourth-order valence-corrected chi connectivity index (χ4v) is 2.33. The van der Waals surface area contributed by atoms with Crippen LogP contribution in [0.25, 0.3) is 0 Å². The Balaban J connectivity index is 1.53. The van der Waals surface area contributed by atoms with Crippen LogP contribution in [0.4, 0.5) is 0 Å². The minimum absolute atomic E-state index is 0.893. The maximum atomic E-state index is 5.34. The smallest absolute Gasteiger partial charge is 0.0594 e. The molecule has 1 aromatic rings. The second kappa shape index (κ2) is 8.30. The van der Waals surface area contributed by atoms with E-state index < -0.39 is 0 Å². The van der Waals surface area contributed by atoms with Gasteiger partial charge in [-0.3, -0.25) is 9.58 Å². The van der Waals surface area contributed by atoms with Crippen LogP contribution in [-0.4, -0.2) is 54.1 Å². The standard InChI is InChI=1S/C14H26N4O/c1-2-5-18-13-14(12-16-18)11-15-4-3-6-17-7-9-19-10-8-17/h12-13,15H,2-11H2,1H3. The lowest BCUT2D eigenvalue weighted by atomic mass is 10.3. The summed E-state index contributed by atoms with van der Waals surface area (Å²) in [6, 6.07) is 0. The van der Waals surface area contributed by atoms with Gasteiger partial charge in [0.2, 0.25) is 0 Å². The lowest BCUT2D eigenvalue weighted by Gasteiger charge is -2.26. The zero-order valence-electron chi connectivity index (χ0n) is 12.0. The third-order valence-corrected chi connectivity index (χ3v) is 3.40. The summed E-state index contributed by atoms with van der Waals surface area (Å²) in [5, 5.41) is 7.82. The van der Waals surface area contributed by atoms with Crippen LogP contribution in [0.5, 0.6) is 0 Å². The van der Waals surface area contributed by atoms with Gasteiger partial charge in [0.15, 0.2) is 0 Å². The highest BCUT2D eigenvalue weighted by atomic mass is 16.5. The highest BCUT2D eigenvalue weighted by Crippen LogP contribution is 1.99. The van der Waals surface area contributed by atoms with Crippen LogP contribution in [0.2, 0.25) is 0 Å². The first-order valence-corrected chi connectivity index (χ1v) is 7.40. The molecule has 2 heterocycles. The molecule has 0 aromatic carbocycles. The van der Waals surface area contributed by atoms with Gasteiger partial charge in [0.1, 0.15) is 0 Å². The number of nitrogens with zero attached hydrogens (tertiary/aromatic N) is 3. The number of nitrogens with one attached hydrogen (secondary N) is 1. The number of aryl methyl sites for hydroxylation is 1. The number of morpholine rings is 1. The topological polar surface area (TPSA) is 42.3 Å². The van der Waals surface area contributed by atoms with Crippen LogP contribution >= 0.6 is 0 Å². The minimum atomic E-state index is 0.893. The molecule has 108 valence electrons. The molecule has 0 bridgehead atoms. The van der Waals surface area contributed by atoms with Gasteiger partial charge in [-0.1, -0.05) is 6.92 Å². The first kappa shape index (κ1) is 14.5. The predicted molar refractivity (Wildman–Crippen MR) is 76.1 cm³/mol. The highest BCUT2D eigenvalue weighted by Gasteiger charge is 2.08. The third-order valence-electron chi connectivity index (χ3n) is 3.40. The Bertz CT molecular complexity index is 347. The van der Waals surface area contributed by atoms with Crippen molar-refractivity contribution in [1.29, 1.82) is 0 Å². The zero-order valence-corrected chi connectivity index (χ0v) is 12.0. The fourth-order valence-electron chi connectivity index (χ4n) is 2.33. The molecule has 0 atom stereocenters. The summed E-state index contributed by atoms with van der Waals surface area (Å²) >= 11 is 0. The molecule has 1 fully saturated rings. The lowest BCUT2D eigenvalue weighted by molar-refractivity contribution is 0.0374. The van der Waals surface area contributed by atoms with Crippen molar-refractivity contribution in [2.75, 3.05) is 39.4 Å². The van der Waals surface area contributed by atoms with E-state index in [-0.39, 0.29) is 0 Å². The van der Waals surface area contributed by atoms with Gasteiger partial charge >= 0.3 is 0 Å². The number of rotatable bonds is 8. The number of hydrogen-bond donors (Lipinski definition) is 1. The van der Waals surface area contributed by atoms with E-state index in [2.05, 4.69) is 28.4 Å². The molecule has 0 aliphatic carbocycles. The van der Waals surface area contributed by atoms with Crippen molar-refractivity contribution in [2.24, 2.45) is 0 Å². The minimum Gasteiger partial charge on any atom is -0.379 e. The van der Waals surface area contributed by atoms with Crippen molar-refractivity contribution in [3.63, 3.8) is 0 Å². The van der Waals surface area contributed by atoms with Crippen molar-refractivity contribution in [2.45, 2.75) is 32.9 Å². The van der Waals surface area contributed by atoms with E-state index in [1.54, 1.807) is 0 Å². The molecule has 1 aliphatic heterocycles. The van der Waals surface area contributed by atoms with E-state index >= 15 is 0 Å². The molecule has 5 heteroatoms. The normalized spacial score (nSPS) is 16.9. The molecule has 0 radical (unpaired) electrons. The summed E-state index contributed by atoms with van der Waals surface area (Å²) < 4.78 is 7.36. The summed E-state index contributed by atoms with van der Waals surface area (Å²) in [5.41, 5.74) is 1.28. The zero-order chi connectivity index (χ0) is 13.3. The lowest BCUT2D eigenvalue weighted by Crippen LogP contribution is -2.37. The summed E-state index contributed by atoms with van der Waals surface area (Å²) in [6.07, 6.45) is 6.43. The van der Waals surface area contributed by atoms with Gasteiger partial charge in [0, 0.05) is 37.9 Å². The average Bonchev–Trinajstić information content (AvgIpc) is 2.88.